The third-order valence-electron chi connectivity index (χ3n) is 4.26. The van der Waals surface area contributed by atoms with Gasteiger partial charge in [-0.1, -0.05) is 30.3 Å². The number of alkyl halides is 2. The fourth-order valence-corrected chi connectivity index (χ4v) is 3.37. The molecule has 7 heteroatoms. The van der Waals surface area contributed by atoms with Gasteiger partial charge < -0.3 is 4.90 Å². The Morgan fingerprint density at radius 2 is 1.74 bits per heavy atom. The van der Waals surface area contributed by atoms with Crippen molar-refractivity contribution in [2.45, 2.75) is 6.54 Å². The first-order chi connectivity index (χ1) is 13.2. The molecular weight excluding hydrogens is 385 g/mol. The SMILES string of the molecule is O=C(c1cc2cccnc2n(Cc2ccccc2)c1=O)N(CCCl)CCCl. The van der Waals surface area contributed by atoms with Crippen LogP contribution in [0.5, 0.6) is 0 Å². The van der Waals surface area contributed by atoms with Gasteiger partial charge in [0, 0.05) is 36.4 Å². The van der Waals surface area contributed by atoms with E-state index in [1.807, 2.05) is 36.4 Å². The summed E-state index contributed by atoms with van der Waals surface area (Å²) < 4.78 is 1.54. The van der Waals surface area contributed by atoms with Gasteiger partial charge in [0.05, 0.1) is 6.54 Å². The maximum atomic E-state index is 13.2. The van der Waals surface area contributed by atoms with Crippen molar-refractivity contribution in [1.29, 1.82) is 0 Å². The van der Waals surface area contributed by atoms with Crippen molar-refractivity contribution in [3.05, 3.63) is 76.2 Å². The van der Waals surface area contributed by atoms with E-state index in [-0.39, 0.29) is 28.8 Å². The van der Waals surface area contributed by atoms with Crippen molar-refractivity contribution in [2.75, 3.05) is 24.8 Å². The first-order valence-electron chi connectivity index (χ1n) is 8.59. The van der Waals surface area contributed by atoms with Gasteiger partial charge in [-0.3, -0.25) is 14.2 Å². The molecule has 140 valence electrons. The van der Waals surface area contributed by atoms with Gasteiger partial charge in [-0.15, -0.1) is 23.2 Å². The molecule has 0 N–H and O–H groups in total. The van der Waals surface area contributed by atoms with Crippen LogP contribution in [0.25, 0.3) is 11.0 Å². The molecule has 0 spiro atoms. The van der Waals surface area contributed by atoms with Crippen LogP contribution in [0.3, 0.4) is 0 Å². The first-order valence-corrected chi connectivity index (χ1v) is 9.66. The highest BCUT2D eigenvalue weighted by Gasteiger charge is 2.21. The second-order valence-electron chi connectivity index (χ2n) is 6.02. The maximum Gasteiger partial charge on any atom is 0.265 e. The maximum absolute atomic E-state index is 13.2. The van der Waals surface area contributed by atoms with Crippen molar-refractivity contribution in [3.8, 4) is 0 Å². The Balaban J connectivity index is 2.13. The molecule has 0 aliphatic heterocycles. The van der Waals surface area contributed by atoms with Crippen molar-refractivity contribution < 1.29 is 4.79 Å². The Labute approximate surface area is 167 Å². The van der Waals surface area contributed by atoms with Gasteiger partial charge in [0.25, 0.3) is 11.5 Å². The molecule has 0 saturated carbocycles. The number of nitrogens with zero attached hydrogens (tertiary/aromatic N) is 3. The van der Waals surface area contributed by atoms with Crippen LogP contribution in [0.4, 0.5) is 0 Å². The summed E-state index contributed by atoms with van der Waals surface area (Å²) in [6.07, 6.45) is 1.64. The molecule has 27 heavy (non-hydrogen) atoms. The number of halogens is 2. The van der Waals surface area contributed by atoms with Gasteiger partial charge in [-0.2, -0.15) is 0 Å². The Kier molecular flexibility index (Phi) is 6.48. The Morgan fingerprint density at radius 3 is 2.41 bits per heavy atom. The van der Waals surface area contributed by atoms with E-state index in [2.05, 4.69) is 4.98 Å². The first kappa shape index (κ1) is 19.4. The second-order valence-corrected chi connectivity index (χ2v) is 6.78. The molecule has 0 aliphatic carbocycles. The molecule has 2 aromatic heterocycles. The average molecular weight is 404 g/mol. The highest BCUT2D eigenvalue weighted by Crippen LogP contribution is 2.14. The minimum Gasteiger partial charge on any atom is -0.336 e. The number of rotatable bonds is 7. The van der Waals surface area contributed by atoms with Crippen LogP contribution in [-0.2, 0) is 6.54 Å². The summed E-state index contributed by atoms with van der Waals surface area (Å²) in [7, 11) is 0. The van der Waals surface area contributed by atoms with Crippen LogP contribution in [0.1, 0.15) is 15.9 Å². The zero-order valence-corrected chi connectivity index (χ0v) is 16.2. The molecule has 3 rings (SSSR count). The molecular formula is C20H19Cl2N3O2. The highest BCUT2D eigenvalue weighted by molar-refractivity contribution is 6.18. The van der Waals surface area contributed by atoms with E-state index in [0.29, 0.717) is 25.3 Å². The van der Waals surface area contributed by atoms with Crippen LogP contribution in [0, 0.1) is 0 Å². The Bertz CT molecular complexity index is 983. The van der Waals surface area contributed by atoms with E-state index in [1.165, 1.54) is 9.47 Å². The minimum atomic E-state index is -0.371. The fraction of sp³-hybridized carbons (Fsp3) is 0.250. The topological polar surface area (TPSA) is 55.2 Å². The van der Waals surface area contributed by atoms with Crippen LogP contribution in [-0.4, -0.2) is 45.2 Å². The Hall–Kier alpha value is -2.37. The van der Waals surface area contributed by atoms with Crippen molar-refractivity contribution in [2.24, 2.45) is 0 Å². The standard InChI is InChI=1S/C20H19Cl2N3O2/c21-8-11-24(12-9-22)19(26)17-13-16-7-4-10-23-18(16)25(20(17)27)14-15-5-2-1-3-6-15/h1-7,10,13H,8-9,11-12,14H2. The van der Waals surface area contributed by atoms with Gasteiger partial charge in [0.1, 0.15) is 11.2 Å². The van der Waals surface area contributed by atoms with Gasteiger partial charge in [0.15, 0.2) is 0 Å². The molecule has 0 radical (unpaired) electrons. The lowest BCUT2D eigenvalue weighted by atomic mass is 10.1. The largest absolute Gasteiger partial charge is 0.336 e. The third kappa shape index (κ3) is 4.31. The van der Waals surface area contributed by atoms with E-state index in [1.54, 1.807) is 18.3 Å². The zero-order valence-electron chi connectivity index (χ0n) is 14.6. The lowest BCUT2D eigenvalue weighted by Crippen LogP contribution is -2.39. The smallest absolute Gasteiger partial charge is 0.265 e. The van der Waals surface area contributed by atoms with E-state index >= 15 is 0 Å². The summed E-state index contributed by atoms with van der Waals surface area (Å²) in [5.41, 5.74) is 1.23. The lowest BCUT2D eigenvalue weighted by molar-refractivity contribution is 0.0773. The molecule has 3 aromatic rings. The monoisotopic (exact) mass is 403 g/mol. The molecule has 2 heterocycles. The number of hydrogen-bond donors (Lipinski definition) is 0. The fourth-order valence-electron chi connectivity index (χ4n) is 2.96. The molecule has 0 fully saturated rings. The lowest BCUT2D eigenvalue weighted by Gasteiger charge is -2.21. The predicted molar refractivity (Wildman–Crippen MR) is 109 cm³/mol. The van der Waals surface area contributed by atoms with Crippen LogP contribution in [0.2, 0.25) is 0 Å². The predicted octanol–water partition coefficient (Wildman–Crippen LogP) is 3.36. The Morgan fingerprint density at radius 1 is 1.04 bits per heavy atom. The molecule has 0 bridgehead atoms. The number of carbonyl (C=O) groups is 1. The van der Waals surface area contributed by atoms with Crippen molar-refractivity contribution >= 4 is 40.1 Å². The quantitative estimate of drug-likeness (QED) is 0.568. The van der Waals surface area contributed by atoms with E-state index in [0.717, 1.165) is 10.9 Å². The van der Waals surface area contributed by atoms with Gasteiger partial charge in [0.2, 0.25) is 0 Å². The molecule has 0 unspecified atom stereocenters. The molecule has 1 aromatic carbocycles. The van der Waals surface area contributed by atoms with Gasteiger partial charge in [-0.05, 0) is 23.8 Å². The summed E-state index contributed by atoms with van der Waals surface area (Å²) in [5.74, 6) is 0.181. The number of hydrogen-bond acceptors (Lipinski definition) is 3. The second kappa shape index (κ2) is 9.02. The third-order valence-corrected chi connectivity index (χ3v) is 4.60. The van der Waals surface area contributed by atoms with E-state index in [4.69, 9.17) is 23.2 Å². The zero-order chi connectivity index (χ0) is 19.2. The molecule has 0 atom stereocenters. The number of pyridine rings is 2. The average Bonchev–Trinajstić information content (AvgIpc) is 2.70. The van der Waals surface area contributed by atoms with Gasteiger partial charge >= 0.3 is 0 Å². The summed E-state index contributed by atoms with van der Waals surface area (Å²) in [4.78, 5) is 32.0. The van der Waals surface area contributed by atoms with Crippen molar-refractivity contribution in [1.82, 2.24) is 14.5 Å². The van der Waals surface area contributed by atoms with Crippen LogP contribution < -0.4 is 5.56 Å². The van der Waals surface area contributed by atoms with Crippen LogP contribution >= 0.6 is 23.2 Å². The number of amides is 1. The number of aromatic nitrogens is 2. The summed E-state index contributed by atoms with van der Waals surface area (Å²) in [5, 5.41) is 0.730. The van der Waals surface area contributed by atoms with E-state index < -0.39 is 0 Å². The molecule has 0 aliphatic rings. The van der Waals surface area contributed by atoms with E-state index in [9.17, 15) is 9.59 Å². The summed E-state index contributed by atoms with van der Waals surface area (Å²) >= 11 is 11.6. The molecule has 5 nitrogen and oxygen atoms in total. The normalized spacial score (nSPS) is 10.9. The molecule has 0 saturated heterocycles. The number of carbonyl (C=O) groups excluding carboxylic acids is 1. The van der Waals surface area contributed by atoms with Crippen LogP contribution in [0.15, 0.2) is 59.5 Å². The minimum absolute atomic E-state index is 0.0988. The number of benzene rings is 1. The summed E-state index contributed by atoms with van der Waals surface area (Å²) in [6.45, 7) is 0.992. The highest BCUT2D eigenvalue weighted by atomic mass is 35.5. The summed E-state index contributed by atoms with van der Waals surface area (Å²) in [6, 6.07) is 14.8. The number of fused-ring (bicyclic) bond motifs is 1. The van der Waals surface area contributed by atoms with Gasteiger partial charge in [-0.25, -0.2) is 4.98 Å². The molecule has 1 amide bonds. The van der Waals surface area contributed by atoms with Crippen molar-refractivity contribution in [3.63, 3.8) is 0 Å².